The highest BCUT2D eigenvalue weighted by Crippen LogP contribution is 2.36. The summed E-state index contributed by atoms with van der Waals surface area (Å²) in [5, 5.41) is 1.69. The topological polar surface area (TPSA) is 63.4 Å². The van der Waals surface area contributed by atoms with E-state index >= 15 is 0 Å². The zero-order valence-corrected chi connectivity index (χ0v) is 7.80. The standard InChI is InChI=1S/C8H8N2O2S/c1-10-6-4(7(12)8(10)9)3-13-5(6)2-11/h2-3,8H,9H2,1H3. The first-order chi connectivity index (χ1) is 6.16. The maximum Gasteiger partial charge on any atom is 0.202 e. The molecule has 0 bridgehead atoms. The molecule has 0 amide bonds. The SMILES string of the molecule is CN1c2c(csc2C=O)C(=O)C1N. The number of carbonyl (C=O) groups excluding carboxylic acids is 2. The summed E-state index contributed by atoms with van der Waals surface area (Å²) in [5.74, 6) is -0.109. The molecule has 1 aliphatic heterocycles. The van der Waals surface area contributed by atoms with Gasteiger partial charge in [0.1, 0.15) is 6.17 Å². The van der Waals surface area contributed by atoms with Crippen LogP contribution in [0.4, 0.5) is 5.69 Å². The molecule has 5 heteroatoms. The van der Waals surface area contributed by atoms with E-state index in [1.807, 2.05) is 0 Å². The smallest absolute Gasteiger partial charge is 0.202 e. The van der Waals surface area contributed by atoms with Gasteiger partial charge in [0, 0.05) is 12.4 Å². The highest BCUT2D eigenvalue weighted by molar-refractivity contribution is 7.12. The van der Waals surface area contributed by atoms with Crippen LogP contribution in [-0.4, -0.2) is 25.3 Å². The Morgan fingerprint density at radius 1 is 1.69 bits per heavy atom. The van der Waals surface area contributed by atoms with E-state index in [0.717, 1.165) is 6.29 Å². The molecule has 13 heavy (non-hydrogen) atoms. The zero-order valence-electron chi connectivity index (χ0n) is 6.98. The van der Waals surface area contributed by atoms with Gasteiger partial charge in [0.25, 0.3) is 0 Å². The minimum absolute atomic E-state index is 0.109. The number of Topliss-reactive ketones (excluding diaryl/α,β-unsaturated/α-hetero) is 1. The van der Waals surface area contributed by atoms with Crippen molar-refractivity contribution in [2.24, 2.45) is 5.73 Å². The fourth-order valence-electron chi connectivity index (χ4n) is 1.46. The first-order valence-corrected chi connectivity index (χ1v) is 4.64. The van der Waals surface area contributed by atoms with Crippen molar-refractivity contribution in [2.45, 2.75) is 6.17 Å². The molecule has 1 aliphatic rings. The van der Waals surface area contributed by atoms with Crippen molar-refractivity contribution in [3.63, 3.8) is 0 Å². The second-order valence-corrected chi connectivity index (χ2v) is 3.81. The molecule has 0 aromatic carbocycles. The molecular weight excluding hydrogens is 188 g/mol. The average molecular weight is 196 g/mol. The van der Waals surface area contributed by atoms with E-state index in [2.05, 4.69) is 0 Å². The Balaban J connectivity index is 2.62. The van der Waals surface area contributed by atoms with Crippen LogP contribution in [0, 0.1) is 0 Å². The van der Waals surface area contributed by atoms with Crippen LogP contribution in [0.2, 0.25) is 0 Å². The van der Waals surface area contributed by atoms with Gasteiger partial charge in [-0.2, -0.15) is 0 Å². The van der Waals surface area contributed by atoms with E-state index in [4.69, 9.17) is 5.73 Å². The second-order valence-electron chi connectivity index (χ2n) is 2.90. The van der Waals surface area contributed by atoms with E-state index in [1.54, 1.807) is 17.3 Å². The molecule has 0 spiro atoms. The highest BCUT2D eigenvalue weighted by atomic mass is 32.1. The monoisotopic (exact) mass is 196 g/mol. The van der Waals surface area contributed by atoms with Gasteiger partial charge in [-0.1, -0.05) is 0 Å². The lowest BCUT2D eigenvalue weighted by Crippen LogP contribution is -2.40. The van der Waals surface area contributed by atoms with Crippen molar-refractivity contribution in [1.29, 1.82) is 0 Å². The molecule has 2 heterocycles. The maximum absolute atomic E-state index is 11.5. The lowest BCUT2D eigenvalue weighted by Gasteiger charge is -2.16. The van der Waals surface area contributed by atoms with Crippen LogP contribution >= 0.6 is 11.3 Å². The fourth-order valence-corrected chi connectivity index (χ4v) is 2.36. The number of hydrogen-bond acceptors (Lipinski definition) is 5. The summed E-state index contributed by atoms with van der Waals surface area (Å²) in [7, 11) is 1.72. The van der Waals surface area contributed by atoms with Crippen LogP contribution in [0.15, 0.2) is 5.38 Å². The van der Waals surface area contributed by atoms with Crippen molar-refractivity contribution in [2.75, 3.05) is 11.9 Å². The van der Waals surface area contributed by atoms with Gasteiger partial charge in [-0.3, -0.25) is 9.59 Å². The molecule has 0 saturated carbocycles. The first-order valence-electron chi connectivity index (χ1n) is 3.76. The molecule has 2 rings (SSSR count). The van der Waals surface area contributed by atoms with E-state index in [-0.39, 0.29) is 5.78 Å². The number of carbonyl (C=O) groups is 2. The Morgan fingerprint density at radius 3 is 3.00 bits per heavy atom. The van der Waals surface area contributed by atoms with Gasteiger partial charge >= 0.3 is 0 Å². The Labute approximate surface area is 78.9 Å². The molecular formula is C8H8N2O2S. The third-order valence-corrected chi connectivity index (χ3v) is 3.10. The fraction of sp³-hybridized carbons (Fsp3) is 0.250. The Hall–Kier alpha value is -1.20. The molecule has 0 fully saturated rings. The molecule has 1 aromatic rings. The summed E-state index contributed by atoms with van der Waals surface area (Å²) in [6.07, 6.45) is 0.128. The lowest BCUT2D eigenvalue weighted by atomic mass is 10.2. The van der Waals surface area contributed by atoms with Crippen LogP contribution in [0.5, 0.6) is 0 Å². The number of nitrogens with zero attached hydrogens (tertiary/aromatic N) is 1. The van der Waals surface area contributed by atoms with Gasteiger partial charge in [-0.25, -0.2) is 0 Å². The van der Waals surface area contributed by atoms with Gasteiger partial charge in [0.05, 0.1) is 16.1 Å². The molecule has 1 atom stereocenters. The minimum Gasteiger partial charge on any atom is -0.351 e. The zero-order chi connectivity index (χ0) is 9.59. The predicted octanol–water partition coefficient (Wildman–Crippen LogP) is 0.478. The summed E-state index contributed by atoms with van der Waals surface area (Å²) in [6, 6.07) is 0. The Bertz CT molecular complexity index is 385. The van der Waals surface area contributed by atoms with Gasteiger partial charge in [-0.05, 0) is 0 Å². The third kappa shape index (κ3) is 0.942. The van der Waals surface area contributed by atoms with Gasteiger partial charge < -0.3 is 10.6 Å². The number of nitrogens with two attached hydrogens (primary N) is 1. The summed E-state index contributed by atoms with van der Waals surface area (Å²) in [6.45, 7) is 0. The predicted molar refractivity (Wildman–Crippen MR) is 50.4 cm³/mol. The molecule has 4 nitrogen and oxygen atoms in total. The van der Waals surface area contributed by atoms with Gasteiger partial charge in [-0.15, -0.1) is 11.3 Å². The summed E-state index contributed by atoms with van der Waals surface area (Å²) < 4.78 is 0. The summed E-state index contributed by atoms with van der Waals surface area (Å²) in [5.41, 5.74) is 6.85. The van der Waals surface area contributed by atoms with Crippen molar-refractivity contribution < 1.29 is 9.59 Å². The maximum atomic E-state index is 11.5. The van der Waals surface area contributed by atoms with Crippen LogP contribution < -0.4 is 10.6 Å². The van der Waals surface area contributed by atoms with E-state index < -0.39 is 6.17 Å². The molecule has 0 radical (unpaired) electrons. The van der Waals surface area contributed by atoms with E-state index in [0.29, 0.717) is 16.1 Å². The van der Waals surface area contributed by atoms with Crippen LogP contribution in [-0.2, 0) is 0 Å². The second kappa shape index (κ2) is 2.65. The first kappa shape index (κ1) is 8.40. The minimum atomic E-state index is -0.628. The number of anilines is 1. The van der Waals surface area contributed by atoms with Crippen molar-refractivity contribution in [3.05, 3.63) is 15.8 Å². The molecule has 1 unspecified atom stereocenters. The van der Waals surface area contributed by atoms with Crippen molar-refractivity contribution in [1.82, 2.24) is 0 Å². The molecule has 68 valence electrons. The van der Waals surface area contributed by atoms with Crippen molar-refractivity contribution >= 4 is 29.1 Å². The number of thiophene rings is 1. The Morgan fingerprint density at radius 2 is 2.38 bits per heavy atom. The van der Waals surface area contributed by atoms with E-state index in [1.165, 1.54) is 11.3 Å². The quantitative estimate of drug-likeness (QED) is 0.663. The Kier molecular flexibility index (Phi) is 1.71. The highest BCUT2D eigenvalue weighted by Gasteiger charge is 2.35. The summed E-state index contributed by atoms with van der Waals surface area (Å²) >= 11 is 1.28. The molecule has 2 N–H and O–H groups in total. The number of rotatable bonds is 1. The number of likely N-dealkylation sites (N-methyl/N-ethyl adjacent to an activating group) is 1. The van der Waals surface area contributed by atoms with Crippen LogP contribution in [0.1, 0.15) is 20.0 Å². The molecule has 0 aliphatic carbocycles. The van der Waals surface area contributed by atoms with Gasteiger partial charge in [0.15, 0.2) is 6.29 Å². The number of aldehydes is 1. The average Bonchev–Trinajstić information content (AvgIpc) is 2.64. The van der Waals surface area contributed by atoms with E-state index in [9.17, 15) is 9.59 Å². The van der Waals surface area contributed by atoms with Crippen molar-refractivity contribution in [3.8, 4) is 0 Å². The lowest BCUT2D eigenvalue weighted by molar-refractivity contribution is 0.0974. The van der Waals surface area contributed by atoms with Gasteiger partial charge in [0.2, 0.25) is 5.78 Å². The molecule has 1 aromatic heterocycles. The largest absolute Gasteiger partial charge is 0.351 e. The normalized spacial score (nSPS) is 20.6. The summed E-state index contributed by atoms with van der Waals surface area (Å²) in [4.78, 5) is 24.3. The van der Waals surface area contributed by atoms with Crippen LogP contribution in [0.25, 0.3) is 0 Å². The van der Waals surface area contributed by atoms with Crippen LogP contribution in [0.3, 0.4) is 0 Å². The molecule has 0 saturated heterocycles. The number of ketones is 1. The number of fused-ring (bicyclic) bond motifs is 1. The number of hydrogen-bond donors (Lipinski definition) is 1. The third-order valence-electron chi connectivity index (χ3n) is 2.20.